The number of hydrogen-bond donors (Lipinski definition) is 9. The molecular weight excluding hydrogens is 1200 g/mol. The number of carbonyl (C=O) groups excluding carboxylic acids is 3. The maximum absolute atomic E-state index is 13.4. The first-order chi connectivity index (χ1) is 37.4. The number of fused-ring (bicyclic) bond motifs is 3. The van der Waals surface area contributed by atoms with E-state index in [2.05, 4.69) is 26.6 Å². The number of alkyl halides is 6. The lowest BCUT2D eigenvalue weighted by Gasteiger charge is -2.14. The molecule has 8 rings (SSSR count). The molecule has 8 aromatic rings. The van der Waals surface area contributed by atoms with Crippen LogP contribution in [0.25, 0.3) is 52.5 Å². The van der Waals surface area contributed by atoms with Crippen molar-refractivity contribution in [2.75, 3.05) is 13.1 Å². The van der Waals surface area contributed by atoms with Crippen molar-refractivity contribution >= 4 is 116 Å². The summed E-state index contributed by atoms with van der Waals surface area (Å²) in [5, 5.41) is 60.7. The van der Waals surface area contributed by atoms with E-state index in [9.17, 15) is 89.2 Å². The molecule has 5 aromatic carbocycles. The summed E-state index contributed by atoms with van der Waals surface area (Å²) in [6, 6.07) is 18.7. The number of carboxylic acid groups (broad SMARTS) is 3. The lowest BCUT2D eigenvalue weighted by Crippen LogP contribution is -2.40. The number of rotatable bonds is 11. The molecule has 0 saturated heterocycles. The van der Waals surface area contributed by atoms with Crippen LogP contribution in [-0.4, -0.2) is 85.4 Å². The first kappa shape index (κ1) is 60.4. The second-order valence-electron chi connectivity index (χ2n) is 16.4. The molecule has 0 saturated carbocycles. The molecule has 1 atom stereocenters. The summed E-state index contributed by atoms with van der Waals surface area (Å²) in [6.07, 6.45) is -10.1. The van der Waals surface area contributed by atoms with E-state index in [-0.39, 0.29) is 32.5 Å². The largest absolute Gasteiger partial charge is 0.499 e. The van der Waals surface area contributed by atoms with E-state index in [0.717, 1.165) is 40.9 Å². The summed E-state index contributed by atoms with van der Waals surface area (Å²) < 4.78 is 93.8. The average molecular weight is 1240 g/mol. The molecule has 80 heavy (non-hydrogen) atoms. The third-order valence-electron chi connectivity index (χ3n) is 10.9. The van der Waals surface area contributed by atoms with Crippen LogP contribution in [0.15, 0.2) is 116 Å². The highest BCUT2D eigenvalue weighted by Gasteiger charge is 2.37. The number of halogens is 8. The minimum Gasteiger partial charge on any atom is -0.499 e. The summed E-state index contributed by atoms with van der Waals surface area (Å²) in [4.78, 5) is 105. The van der Waals surface area contributed by atoms with Crippen LogP contribution in [0.3, 0.4) is 0 Å². The van der Waals surface area contributed by atoms with E-state index in [4.69, 9.17) is 15.3 Å². The van der Waals surface area contributed by atoms with Crippen LogP contribution < -0.4 is 32.2 Å². The van der Waals surface area contributed by atoms with Crippen LogP contribution >= 0.6 is 49.9 Å². The van der Waals surface area contributed by atoms with E-state index in [1.165, 1.54) is 25.1 Å². The quantitative estimate of drug-likeness (QED) is 0.0546. The Bertz CT molecular complexity index is 4000. The number of carboxylic acids is 3. The van der Waals surface area contributed by atoms with Gasteiger partial charge in [0.2, 0.25) is 16.3 Å². The normalized spacial score (nSPS) is 11.6. The molecule has 18 nitrogen and oxygen atoms in total. The summed E-state index contributed by atoms with van der Waals surface area (Å²) in [5.74, 6) is -7.33. The van der Waals surface area contributed by atoms with Gasteiger partial charge in [0.15, 0.2) is 15.2 Å². The molecule has 0 spiro atoms. The van der Waals surface area contributed by atoms with E-state index in [1.807, 2.05) is 5.32 Å². The van der Waals surface area contributed by atoms with Gasteiger partial charge in [-0.15, -0.1) is 0 Å². The number of aromatic hydroxyl groups is 3. The Morgan fingerprint density at radius 3 is 1.39 bits per heavy atom. The van der Waals surface area contributed by atoms with Crippen molar-refractivity contribution < 1.29 is 90.1 Å². The molecule has 0 fully saturated rings. The molecule has 416 valence electrons. The van der Waals surface area contributed by atoms with Crippen LogP contribution in [0, 0.1) is 5.82 Å². The minimum atomic E-state index is -5.05. The molecule has 3 heterocycles. The monoisotopic (exact) mass is 1240 g/mol. The third-order valence-corrected chi connectivity index (χ3v) is 14.2. The minimum absolute atomic E-state index is 0.0171. The summed E-state index contributed by atoms with van der Waals surface area (Å²) >= 11 is 5.40. The van der Waals surface area contributed by atoms with Gasteiger partial charge in [0.25, 0.3) is 17.7 Å². The number of hydrogen-bond acceptors (Lipinski definition) is 15. The Balaban J connectivity index is 0.000000199. The van der Waals surface area contributed by atoms with Gasteiger partial charge in [0.05, 0.1) is 11.1 Å². The number of benzene rings is 5. The highest BCUT2D eigenvalue weighted by Crippen LogP contribution is 2.40. The summed E-state index contributed by atoms with van der Waals surface area (Å²) in [6.45, 7) is -0.224. The van der Waals surface area contributed by atoms with Gasteiger partial charge in [-0.1, -0.05) is 74.2 Å². The van der Waals surface area contributed by atoms with Crippen molar-refractivity contribution in [2.24, 2.45) is 0 Å². The van der Waals surface area contributed by atoms with E-state index < -0.39 is 138 Å². The van der Waals surface area contributed by atoms with Crippen LogP contribution in [0.5, 0.6) is 15.2 Å². The Labute approximate surface area is 461 Å². The Morgan fingerprint density at radius 2 is 0.950 bits per heavy atom. The highest BCUT2D eigenvalue weighted by molar-refractivity contribution is 9.10. The second-order valence-corrected chi connectivity index (χ2v) is 20.4. The standard InChI is InChI=1S/C20H11F6NO5S.C18H12FNO5S.C13H10BrNO5S/c21-19(22,23)10-3-9(4-11(6-10)20(24,25)26)8-1-2-12-13(5-8)33-18(32)15(16(12)30)17(31)27-7-14(28)29;19-11-3-1-2-9(6-11)10-4-5-12-13(7-10)26-18(25)15(16(12)23)17(24)20-8-14(21)22;1-5(12(18)19)15-11(17)9-10(16)7-4-6(14)2-3-8(7)21-13(9)20/h1-6,32H,7H2,(H,27,31)(H,28,29);1-7,25H,8H2,(H,20,24)(H,21,22);2-5,20H,1H3,(H,15,17)(H,18,19)/t;;5-/m..0/s1. The molecule has 0 aliphatic rings. The van der Waals surface area contributed by atoms with Gasteiger partial charge < -0.3 is 46.6 Å². The molecule has 0 unspecified atom stereocenters. The van der Waals surface area contributed by atoms with E-state index >= 15 is 0 Å². The Kier molecular flexibility index (Phi) is 18.5. The highest BCUT2D eigenvalue weighted by atomic mass is 79.9. The first-order valence-electron chi connectivity index (χ1n) is 22.0. The van der Waals surface area contributed by atoms with Gasteiger partial charge in [0, 0.05) is 34.7 Å². The number of nitrogens with one attached hydrogen (secondary N) is 3. The molecule has 0 aliphatic carbocycles. The Hall–Kier alpha value is -8.80. The summed E-state index contributed by atoms with van der Waals surface area (Å²) in [7, 11) is 0. The molecule has 29 heteroatoms. The van der Waals surface area contributed by atoms with Crippen molar-refractivity contribution in [3.8, 4) is 37.4 Å². The maximum atomic E-state index is 13.4. The van der Waals surface area contributed by atoms with Crippen LogP contribution in [0.1, 0.15) is 49.1 Å². The van der Waals surface area contributed by atoms with Crippen molar-refractivity contribution in [3.63, 3.8) is 0 Å². The fraction of sp³-hybridized carbons (Fsp3) is 0.118. The zero-order chi connectivity index (χ0) is 59.3. The third kappa shape index (κ3) is 14.3. The number of amides is 3. The fourth-order valence-corrected chi connectivity index (χ4v) is 10.2. The Morgan fingerprint density at radius 1 is 0.525 bits per heavy atom. The number of carbonyl (C=O) groups is 6. The summed E-state index contributed by atoms with van der Waals surface area (Å²) in [5.41, 5.74) is -6.33. The maximum Gasteiger partial charge on any atom is 0.416 e. The van der Waals surface area contributed by atoms with Crippen LogP contribution in [0.4, 0.5) is 30.7 Å². The molecule has 3 amide bonds. The van der Waals surface area contributed by atoms with E-state index in [1.54, 1.807) is 42.5 Å². The molecule has 0 radical (unpaired) electrons. The predicted octanol–water partition coefficient (Wildman–Crippen LogP) is 9.01. The van der Waals surface area contributed by atoms with Gasteiger partial charge in [-0.05, 0) is 102 Å². The zero-order valence-electron chi connectivity index (χ0n) is 39.8. The van der Waals surface area contributed by atoms with E-state index in [0.29, 0.717) is 48.5 Å². The van der Waals surface area contributed by atoms with Crippen LogP contribution in [0.2, 0.25) is 0 Å². The first-order valence-corrected chi connectivity index (χ1v) is 25.2. The zero-order valence-corrected chi connectivity index (χ0v) is 43.9. The van der Waals surface area contributed by atoms with Gasteiger partial charge >= 0.3 is 30.3 Å². The van der Waals surface area contributed by atoms with Crippen molar-refractivity contribution in [3.05, 3.63) is 166 Å². The van der Waals surface area contributed by atoms with Crippen molar-refractivity contribution in [1.82, 2.24) is 16.0 Å². The molecule has 9 N–H and O–H groups in total. The van der Waals surface area contributed by atoms with Gasteiger partial charge in [0.1, 0.15) is 41.6 Å². The predicted molar refractivity (Wildman–Crippen MR) is 282 cm³/mol. The lowest BCUT2D eigenvalue weighted by molar-refractivity contribution is -0.143. The number of aliphatic carboxylic acids is 3. The molecule has 0 aliphatic heterocycles. The molecular formula is C51H33BrF7N3O15S3. The van der Waals surface area contributed by atoms with Gasteiger partial charge in [-0.25, -0.2) is 4.39 Å². The van der Waals surface area contributed by atoms with Crippen molar-refractivity contribution in [2.45, 2.75) is 25.3 Å². The van der Waals surface area contributed by atoms with Gasteiger partial charge in [-0.3, -0.25) is 43.2 Å². The topological polar surface area (TPSA) is 311 Å². The fourth-order valence-electron chi connectivity index (χ4n) is 7.09. The molecule has 0 bridgehead atoms. The smallest absolute Gasteiger partial charge is 0.416 e. The SMILES string of the molecule is C[C@H](NC(=O)c1c(O)sc2ccc(Br)cc2c1=O)C(=O)O.O=C(O)CNC(=O)c1c(O)sc2cc(-c3cc(C(F)(F)F)cc(C(F)(F)F)c3)ccc2c1=O.O=C(O)CNC(=O)c1c(O)sc2cc(-c3cccc(F)c3)ccc2c1=O. The van der Waals surface area contributed by atoms with Crippen molar-refractivity contribution in [1.29, 1.82) is 0 Å². The molecule has 3 aromatic heterocycles. The van der Waals surface area contributed by atoms with Gasteiger partial charge in [-0.2, -0.15) is 26.3 Å². The second kappa shape index (κ2) is 24.5. The van der Waals surface area contributed by atoms with Crippen LogP contribution in [-0.2, 0) is 26.7 Å². The lowest BCUT2D eigenvalue weighted by atomic mass is 9.98. The average Bonchev–Trinajstić information content (AvgIpc) is 3.39.